The Hall–Kier alpha value is -3.96. The quantitative estimate of drug-likeness (QED) is 0.244. The minimum Gasteiger partial charge on any atom is -0.361 e. The third-order valence-corrected chi connectivity index (χ3v) is 10.1. The maximum Gasteiger partial charge on any atom is 0.417 e. The molecule has 8 nitrogen and oxygen atoms in total. The van der Waals surface area contributed by atoms with Gasteiger partial charge in [-0.2, -0.15) is 39.5 Å². The number of carbonyl (C=O) groups is 3. The third kappa shape index (κ3) is 7.71. The fourth-order valence-electron chi connectivity index (χ4n) is 7.60. The van der Waals surface area contributed by atoms with Crippen molar-refractivity contribution >= 4 is 28.5 Å². The molecular weight excluding hydrogens is 709 g/mol. The van der Waals surface area contributed by atoms with Gasteiger partial charge in [0.15, 0.2) is 5.78 Å². The van der Waals surface area contributed by atoms with Gasteiger partial charge in [-0.05, 0) is 69.5 Å². The highest BCUT2D eigenvalue weighted by Gasteiger charge is 2.53. The van der Waals surface area contributed by atoms with Crippen LogP contribution < -0.4 is 5.73 Å². The van der Waals surface area contributed by atoms with Gasteiger partial charge in [-0.3, -0.25) is 24.2 Å². The number of nitrogens with two attached hydrogens (primary N) is 1. The van der Waals surface area contributed by atoms with Crippen LogP contribution in [0.25, 0.3) is 10.9 Å². The molecule has 2 fully saturated rings. The Morgan fingerprint density at radius 1 is 0.827 bits per heavy atom. The van der Waals surface area contributed by atoms with E-state index in [1.807, 2.05) is 0 Å². The van der Waals surface area contributed by atoms with Gasteiger partial charge >= 0.3 is 18.5 Å². The van der Waals surface area contributed by atoms with Crippen molar-refractivity contribution in [3.05, 3.63) is 70.4 Å². The second-order valence-electron chi connectivity index (χ2n) is 13.4. The monoisotopic (exact) mass is 747 g/mol. The predicted molar refractivity (Wildman–Crippen MR) is 171 cm³/mol. The maximum absolute atomic E-state index is 14.7. The number of hydrogen-bond acceptors (Lipinski definition) is 6. The summed E-state index contributed by atoms with van der Waals surface area (Å²) in [5, 5.41) is 0.447. The largest absolute Gasteiger partial charge is 0.417 e. The van der Waals surface area contributed by atoms with E-state index in [-0.39, 0.29) is 36.8 Å². The molecule has 1 aromatic heterocycles. The number of rotatable bonds is 8. The zero-order chi connectivity index (χ0) is 38.4. The predicted octanol–water partition coefficient (Wildman–Crippen LogP) is 6.86. The molecule has 17 heteroatoms. The highest BCUT2D eigenvalue weighted by molar-refractivity contribution is 6.04. The lowest BCUT2D eigenvalue weighted by atomic mass is 9.77. The fourth-order valence-corrected chi connectivity index (χ4v) is 7.60. The van der Waals surface area contributed by atoms with Crippen LogP contribution in [0.1, 0.15) is 73.8 Å². The summed E-state index contributed by atoms with van der Waals surface area (Å²) in [6.45, 7) is 2.81. The van der Waals surface area contributed by atoms with E-state index in [0.29, 0.717) is 28.6 Å². The third-order valence-electron chi connectivity index (χ3n) is 10.1. The smallest absolute Gasteiger partial charge is 0.361 e. The molecule has 2 amide bonds. The van der Waals surface area contributed by atoms with Gasteiger partial charge in [-0.15, -0.1) is 0 Å². The van der Waals surface area contributed by atoms with Crippen LogP contribution in [-0.2, 0) is 45.0 Å². The lowest BCUT2D eigenvalue weighted by molar-refractivity contribution is -0.174. The van der Waals surface area contributed by atoms with Gasteiger partial charge in [-0.1, -0.05) is 24.6 Å². The van der Waals surface area contributed by atoms with Crippen molar-refractivity contribution in [3.63, 3.8) is 0 Å². The van der Waals surface area contributed by atoms with E-state index >= 15 is 0 Å². The van der Waals surface area contributed by atoms with Crippen molar-refractivity contribution in [2.75, 3.05) is 26.2 Å². The van der Waals surface area contributed by atoms with Gasteiger partial charge in [-0.25, -0.2) is 0 Å². The van der Waals surface area contributed by atoms with E-state index in [2.05, 4.69) is 9.88 Å². The molecule has 0 spiro atoms. The molecule has 3 N–H and O–H groups in total. The van der Waals surface area contributed by atoms with E-state index < -0.39 is 76.5 Å². The Labute approximate surface area is 293 Å². The maximum atomic E-state index is 14.7. The number of fused-ring (bicyclic) bond motifs is 1. The van der Waals surface area contributed by atoms with Crippen molar-refractivity contribution in [1.82, 2.24) is 19.7 Å². The van der Waals surface area contributed by atoms with Crippen molar-refractivity contribution in [1.29, 1.82) is 0 Å². The summed E-state index contributed by atoms with van der Waals surface area (Å²) in [7, 11) is 0. The Morgan fingerprint density at radius 2 is 1.38 bits per heavy atom. The Morgan fingerprint density at radius 3 is 1.88 bits per heavy atom. The summed E-state index contributed by atoms with van der Waals surface area (Å²) in [5.41, 5.74) is -3.78. The Bertz CT molecular complexity index is 1770. The number of benzene rings is 2. The number of amides is 2. The van der Waals surface area contributed by atoms with Gasteiger partial charge in [0.05, 0.1) is 23.2 Å². The summed E-state index contributed by atoms with van der Waals surface area (Å²) < 4.78 is 125. The van der Waals surface area contributed by atoms with Crippen LogP contribution in [0.15, 0.2) is 42.6 Å². The lowest BCUT2D eigenvalue weighted by Gasteiger charge is -2.47. The average molecular weight is 748 g/mol. The van der Waals surface area contributed by atoms with Gasteiger partial charge < -0.3 is 15.6 Å². The van der Waals surface area contributed by atoms with E-state index in [1.165, 1.54) is 6.20 Å². The zero-order valence-corrected chi connectivity index (χ0v) is 28.3. The van der Waals surface area contributed by atoms with Gasteiger partial charge in [0.25, 0.3) is 0 Å². The molecule has 52 heavy (non-hydrogen) atoms. The summed E-state index contributed by atoms with van der Waals surface area (Å²) in [6, 6.07) is 4.80. The number of Topliss-reactive ketones (excluding diaryl/α,β-unsaturated/α-hetero) is 1. The van der Waals surface area contributed by atoms with Crippen LogP contribution in [0.2, 0.25) is 0 Å². The van der Waals surface area contributed by atoms with Crippen molar-refractivity contribution in [2.45, 2.75) is 88.6 Å². The number of para-hydroxylation sites is 1. The van der Waals surface area contributed by atoms with Crippen LogP contribution in [-0.4, -0.2) is 75.5 Å². The molecule has 2 aliphatic rings. The first-order valence-corrected chi connectivity index (χ1v) is 16.7. The highest BCUT2D eigenvalue weighted by Crippen LogP contribution is 2.47. The summed E-state index contributed by atoms with van der Waals surface area (Å²) >= 11 is 0. The Kier molecular flexibility index (Phi) is 10.9. The second kappa shape index (κ2) is 14.5. The van der Waals surface area contributed by atoms with Gasteiger partial charge in [0.1, 0.15) is 11.6 Å². The van der Waals surface area contributed by atoms with E-state index in [1.54, 1.807) is 29.2 Å². The number of aromatic amines is 1. The number of ketones is 1. The van der Waals surface area contributed by atoms with Crippen LogP contribution in [0.4, 0.5) is 39.5 Å². The summed E-state index contributed by atoms with van der Waals surface area (Å²) in [4.78, 5) is 48.8. The summed E-state index contributed by atoms with van der Waals surface area (Å²) in [6.07, 6.45) is -12.3. The summed E-state index contributed by atoms with van der Waals surface area (Å²) in [5.74, 6) is -3.09. The highest BCUT2D eigenvalue weighted by atomic mass is 19.4. The van der Waals surface area contributed by atoms with Crippen molar-refractivity contribution in [3.8, 4) is 0 Å². The van der Waals surface area contributed by atoms with E-state index in [9.17, 15) is 53.9 Å². The van der Waals surface area contributed by atoms with E-state index in [0.717, 1.165) is 46.2 Å². The number of nitrogens with zero attached hydrogens (tertiary/aromatic N) is 3. The first-order chi connectivity index (χ1) is 24.2. The SMILES string of the molecule is CC(=O)N(Cc1cc(C(F)(F)F)c(C(F)(F)F)c(C(F)(F)F)c1)C(=O)C(N1CCC(N2CCCCC2)CC1)C(N)(C(C)=O)c1c[nH]c2ccccc12. The molecule has 0 bridgehead atoms. The molecule has 3 heterocycles. The zero-order valence-electron chi connectivity index (χ0n) is 28.3. The minimum atomic E-state index is -6.06. The molecule has 3 aromatic rings. The second-order valence-corrected chi connectivity index (χ2v) is 13.4. The topological polar surface area (TPSA) is 103 Å². The number of nitrogens with one attached hydrogen (secondary N) is 1. The first-order valence-electron chi connectivity index (χ1n) is 16.7. The molecule has 2 atom stereocenters. The van der Waals surface area contributed by atoms with Crippen LogP contribution in [0.5, 0.6) is 0 Å². The molecule has 2 aliphatic heterocycles. The number of imide groups is 1. The Balaban J connectivity index is 1.63. The molecule has 2 aromatic carbocycles. The molecule has 0 aliphatic carbocycles. The fraction of sp³-hybridized carbons (Fsp3) is 0.514. The van der Waals surface area contributed by atoms with Crippen LogP contribution in [0.3, 0.4) is 0 Å². The number of H-pyrrole nitrogens is 1. The number of halogens is 9. The molecule has 2 saturated heterocycles. The normalized spacial score (nSPS) is 19.0. The van der Waals surface area contributed by atoms with E-state index in [4.69, 9.17) is 5.73 Å². The molecule has 0 radical (unpaired) electrons. The molecule has 0 saturated carbocycles. The molecule has 284 valence electrons. The van der Waals surface area contributed by atoms with Crippen molar-refractivity contribution < 1.29 is 53.9 Å². The molecular formula is C35H38F9N5O3. The number of piperidine rings is 2. The standard InChI is InChI=1S/C35H38F9N5O3/c1-20(50)32(45,27-18-46-28-9-5-4-8-24(27)28)30(48-14-10-23(11-15-48)47-12-6-3-7-13-47)31(52)49(21(2)51)19-22-16-25(33(36,37)38)29(35(42,43)44)26(17-22)34(39,40)41/h4-5,8-9,16-18,23,30,46H,3,6-7,10-15,19,45H2,1-2H3. The van der Waals surface area contributed by atoms with Gasteiger partial charge in [0, 0.05) is 48.7 Å². The minimum absolute atomic E-state index is 0.127. The molecule has 5 rings (SSSR count). The van der Waals surface area contributed by atoms with Crippen molar-refractivity contribution in [2.24, 2.45) is 5.73 Å². The number of hydrogen-bond donors (Lipinski definition) is 2. The van der Waals surface area contributed by atoms with Crippen LogP contribution in [0, 0.1) is 0 Å². The number of likely N-dealkylation sites (tertiary alicyclic amines) is 2. The number of alkyl halides is 9. The van der Waals surface area contributed by atoms with Crippen LogP contribution >= 0.6 is 0 Å². The average Bonchev–Trinajstić information content (AvgIpc) is 3.51. The number of aromatic nitrogens is 1. The first kappa shape index (κ1) is 39.3. The van der Waals surface area contributed by atoms with Gasteiger partial charge in [0.2, 0.25) is 11.8 Å². The molecule has 2 unspecified atom stereocenters. The lowest BCUT2D eigenvalue weighted by Crippen LogP contribution is -2.67. The number of carbonyl (C=O) groups excluding carboxylic acids is 3.